The van der Waals surface area contributed by atoms with Crippen molar-refractivity contribution in [3.05, 3.63) is 18.2 Å². The van der Waals surface area contributed by atoms with Gasteiger partial charge in [-0.05, 0) is 26.2 Å². The third-order valence-electron chi connectivity index (χ3n) is 6.44. The molecule has 0 amide bonds. The molecule has 0 radical (unpaired) electrons. The first-order valence-electron chi connectivity index (χ1n) is 13.4. The first-order valence-corrected chi connectivity index (χ1v) is 13.4. The van der Waals surface area contributed by atoms with Crippen LogP contribution in [0.15, 0.2) is 12.4 Å². The van der Waals surface area contributed by atoms with E-state index in [0.29, 0.717) is 0 Å². The first kappa shape index (κ1) is 26.2. The van der Waals surface area contributed by atoms with Gasteiger partial charge in [0.2, 0.25) is 0 Å². The predicted molar refractivity (Wildman–Crippen MR) is 128 cm³/mol. The van der Waals surface area contributed by atoms with Gasteiger partial charge in [0.1, 0.15) is 12.4 Å². The Morgan fingerprint density at radius 3 is 1.52 bits per heavy atom. The van der Waals surface area contributed by atoms with Crippen LogP contribution in [0, 0.1) is 0 Å². The van der Waals surface area contributed by atoms with Crippen LogP contribution in [0.25, 0.3) is 0 Å². The van der Waals surface area contributed by atoms with Crippen LogP contribution in [0.2, 0.25) is 0 Å². The zero-order valence-corrected chi connectivity index (χ0v) is 20.4. The van der Waals surface area contributed by atoms with Crippen molar-refractivity contribution in [2.75, 3.05) is 0 Å². The summed E-state index contributed by atoms with van der Waals surface area (Å²) in [5.74, 6) is 1.56. The van der Waals surface area contributed by atoms with Gasteiger partial charge in [-0.2, -0.15) is 0 Å². The van der Waals surface area contributed by atoms with Crippen molar-refractivity contribution in [3.8, 4) is 0 Å². The Morgan fingerprint density at radius 1 is 0.586 bits per heavy atom. The number of aromatic nitrogens is 2. The molecule has 2 nitrogen and oxygen atoms in total. The molecule has 1 rings (SSSR count). The van der Waals surface area contributed by atoms with Gasteiger partial charge in [0, 0.05) is 6.42 Å². The van der Waals surface area contributed by atoms with E-state index in [0.717, 1.165) is 6.54 Å². The molecule has 0 aliphatic carbocycles. The van der Waals surface area contributed by atoms with Gasteiger partial charge in [-0.25, -0.2) is 9.13 Å². The first-order chi connectivity index (χ1) is 14.3. The molecule has 0 spiro atoms. The molecule has 2 heteroatoms. The smallest absolute Gasteiger partial charge is 0.235 e. The Hall–Kier alpha value is -0.790. The summed E-state index contributed by atoms with van der Waals surface area (Å²) < 4.78 is 5.01. The van der Waals surface area contributed by atoms with Crippen LogP contribution in [0.5, 0.6) is 0 Å². The minimum atomic E-state index is 1.11. The Bertz CT molecular complexity index is 463. The van der Waals surface area contributed by atoms with Crippen LogP contribution in [0.1, 0.15) is 142 Å². The van der Waals surface area contributed by atoms with Crippen LogP contribution in [0.3, 0.4) is 0 Å². The molecule has 0 saturated heterocycles. The lowest BCUT2D eigenvalue weighted by Gasteiger charge is -2.05. The maximum absolute atomic E-state index is 2.54. The average molecular weight is 406 g/mol. The molecule has 1 aromatic heterocycles. The van der Waals surface area contributed by atoms with E-state index in [1.165, 1.54) is 129 Å². The normalized spacial score (nSPS) is 11.4. The maximum Gasteiger partial charge on any atom is 0.256 e. The van der Waals surface area contributed by atoms with E-state index < -0.39 is 0 Å². The minimum Gasteiger partial charge on any atom is -0.235 e. The second-order valence-electron chi connectivity index (χ2n) is 9.10. The number of unbranched alkanes of at least 4 members (excludes halogenated alkanes) is 16. The number of aryl methyl sites for hydroxylation is 2. The molecular formula is C27H53N2+. The highest BCUT2D eigenvalue weighted by Gasteiger charge is 2.15. The minimum absolute atomic E-state index is 1.11. The van der Waals surface area contributed by atoms with E-state index >= 15 is 0 Å². The predicted octanol–water partition coefficient (Wildman–Crippen LogP) is 8.40. The summed E-state index contributed by atoms with van der Waals surface area (Å²) in [7, 11) is 0. The van der Waals surface area contributed by atoms with Gasteiger partial charge in [-0.1, -0.05) is 110 Å². The van der Waals surface area contributed by atoms with E-state index in [1.807, 2.05) is 0 Å². The molecule has 0 aromatic carbocycles. The fraction of sp³-hybridized carbons (Fsp3) is 0.889. The van der Waals surface area contributed by atoms with E-state index in [1.54, 1.807) is 5.82 Å². The molecule has 1 aromatic rings. The summed E-state index contributed by atoms with van der Waals surface area (Å²) in [4.78, 5) is 0. The van der Waals surface area contributed by atoms with E-state index in [4.69, 9.17) is 0 Å². The van der Waals surface area contributed by atoms with Gasteiger partial charge >= 0.3 is 0 Å². The van der Waals surface area contributed by atoms with Gasteiger partial charge in [-0.3, -0.25) is 0 Å². The third-order valence-corrected chi connectivity index (χ3v) is 6.44. The summed E-state index contributed by atoms with van der Waals surface area (Å²) in [6.07, 6.45) is 31.4. The molecule has 0 aliphatic rings. The number of hydrogen-bond acceptors (Lipinski definition) is 0. The molecule has 0 aliphatic heterocycles. The van der Waals surface area contributed by atoms with Crippen molar-refractivity contribution in [1.29, 1.82) is 0 Å². The zero-order valence-electron chi connectivity index (χ0n) is 20.4. The topological polar surface area (TPSA) is 8.81 Å². The van der Waals surface area contributed by atoms with Crippen LogP contribution in [-0.2, 0) is 19.5 Å². The SMILES string of the molecule is CCCCCCCCCCCCCCc1n(CC)cc[n+]1CCCCCCCC. The Balaban J connectivity index is 2.10. The van der Waals surface area contributed by atoms with E-state index in [2.05, 4.69) is 42.3 Å². The Kier molecular flexibility index (Phi) is 17.4. The molecule has 0 saturated carbocycles. The van der Waals surface area contributed by atoms with Crippen molar-refractivity contribution in [2.45, 2.75) is 156 Å². The van der Waals surface area contributed by atoms with Crippen LogP contribution < -0.4 is 4.57 Å². The second-order valence-corrected chi connectivity index (χ2v) is 9.10. The lowest BCUT2D eigenvalue weighted by molar-refractivity contribution is -0.704. The van der Waals surface area contributed by atoms with Gasteiger partial charge < -0.3 is 0 Å². The fourth-order valence-electron chi connectivity index (χ4n) is 4.46. The maximum atomic E-state index is 2.54. The number of hydrogen-bond donors (Lipinski definition) is 0. The molecule has 0 fully saturated rings. The van der Waals surface area contributed by atoms with Gasteiger partial charge in [-0.15, -0.1) is 0 Å². The van der Waals surface area contributed by atoms with Gasteiger partial charge in [0.15, 0.2) is 0 Å². The molecule has 0 bridgehead atoms. The molecular weight excluding hydrogens is 352 g/mol. The van der Waals surface area contributed by atoms with Crippen molar-refractivity contribution >= 4 is 0 Å². The summed E-state index contributed by atoms with van der Waals surface area (Å²) in [5.41, 5.74) is 0. The Labute approximate surface area is 183 Å². The van der Waals surface area contributed by atoms with E-state index in [-0.39, 0.29) is 0 Å². The van der Waals surface area contributed by atoms with Crippen LogP contribution in [-0.4, -0.2) is 4.57 Å². The Morgan fingerprint density at radius 2 is 1.03 bits per heavy atom. The van der Waals surface area contributed by atoms with Crippen molar-refractivity contribution in [3.63, 3.8) is 0 Å². The molecule has 29 heavy (non-hydrogen) atoms. The molecule has 0 N–H and O–H groups in total. The quantitative estimate of drug-likeness (QED) is 0.143. The molecule has 0 unspecified atom stereocenters. The van der Waals surface area contributed by atoms with Gasteiger partial charge in [0.25, 0.3) is 5.82 Å². The van der Waals surface area contributed by atoms with Crippen molar-refractivity contribution in [1.82, 2.24) is 4.57 Å². The number of rotatable bonds is 21. The molecule has 1 heterocycles. The summed E-state index contributed by atoms with van der Waals surface area (Å²) in [5, 5.41) is 0. The van der Waals surface area contributed by atoms with Gasteiger partial charge in [0.05, 0.1) is 13.1 Å². The second kappa shape index (κ2) is 19.2. The largest absolute Gasteiger partial charge is 0.256 e. The monoisotopic (exact) mass is 405 g/mol. The van der Waals surface area contributed by atoms with Crippen molar-refractivity contribution in [2.24, 2.45) is 0 Å². The standard InChI is InChI=1S/C27H53N2/c1-4-7-9-11-13-14-15-16-17-18-19-21-23-27-28(6-3)25-26-29(27)24-22-20-12-10-8-5-2/h25-26H,4-24H2,1-3H3/q+1. The summed E-state index contributed by atoms with van der Waals surface area (Å²) >= 11 is 0. The summed E-state index contributed by atoms with van der Waals surface area (Å²) in [6, 6.07) is 0. The van der Waals surface area contributed by atoms with Crippen LogP contribution >= 0.6 is 0 Å². The highest BCUT2D eigenvalue weighted by Crippen LogP contribution is 2.13. The average Bonchev–Trinajstić information content (AvgIpc) is 3.13. The summed E-state index contributed by atoms with van der Waals surface area (Å²) in [6.45, 7) is 9.20. The van der Waals surface area contributed by atoms with Crippen molar-refractivity contribution < 1.29 is 4.57 Å². The number of nitrogens with zero attached hydrogens (tertiary/aromatic N) is 2. The molecule has 0 atom stereocenters. The fourth-order valence-corrected chi connectivity index (χ4v) is 4.46. The van der Waals surface area contributed by atoms with Crippen LogP contribution in [0.4, 0.5) is 0 Å². The lowest BCUT2D eigenvalue weighted by Crippen LogP contribution is -2.37. The highest BCUT2D eigenvalue weighted by molar-refractivity contribution is 4.83. The third kappa shape index (κ3) is 13.2. The zero-order chi connectivity index (χ0) is 21.0. The molecule has 170 valence electrons. The number of imidazole rings is 1. The highest BCUT2D eigenvalue weighted by atomic mass is 15.1. The lowest BCUT2D eigenvalue weighted by atomic mass is 10.0. The van der Waals surface area contributed by atoms with E-state index in [9.17, 15) is 0 Å².